The lowest BCUT2D eigenvalue weighted by Crippen LogP contribution is -2.49. The summed E-state index contributed by atoms with van der Waals surface area (Å²) in [6, 6.07) is 6.55. The third-order valence-electron chi connectivity index (χ3n) is 5.98. The van der Waals surface area contributed by atoms with E-state index in [4.69, 9.17) is 9.73 Å². The van der Waals surface area contributed by atoms with Gasteiger partial charge in [-0.1, -0.05) is 32.8 Å². The number of hydrogen-bond donors (Lipinski definition) is 2. The van der Waals surface area contributed by atoms with Gasteiger partial charge in [0.05, 0.1) is 25.5 Å². The molecule has 0 bridgehead atoms. The van der Waals surface area contributed by atoms with Gasteiger partial charge >= 0.3 is 0 Å². The topological polar surface area (TPSA) is 66.2 Å². The van der Waals surface area contributed by atoms with Gasteiger partial charge in [0.2, 0.25) is 0 Å². The molecule has 1 atom stereocenters. The van der Waals surface area contributed by atoms with E-state index in [9.17, 15) is 0 Å². The molecule has 2 N–H and O–H groups in total. The number of hydrogen-bond acceptors (Lipinski definition) is 4. The number of ether oxygens (including phenoxy) is 1. The van der Waals surface area contributed by atoms with Crippen LogP contribution >= 0.6 is 24.0 Å². The molecule has 1 aliphatic rings. The molecule has 0 radical (unpaired) electrons. The number of imidazole rings is 1. The normalized spacial score (nSPS) is 16.3. The Balaban J connectivity index is 0.00000341. The Bertz CT molecular complexity index is 752. The van der Waals surface area contributed by atoms with Gasteiger partial charge in [-0.05, 0) is 25.0 Å². The van der Waals surface area contributed by atoms with Crippen LogP contribution in [-0.2, 0) is 11.2 Å². The zero-order chi connectivity index (χ0) is 21.2. The number of fused-ring (bicyclic) bond motifs is 1. The van der Waals surface area contributed by atoms with E-state index < -0.39 is 0 Å². The molecule has 0 amide bonds. The Morgan fingerprint density at radius 3 is 2.61 bits per heavy atom. The third-order valence-corrected chi connectivity index (χ3v) is 5.98. The summed E-state index contributed by atoms with van der Waals surface area (Å²) in [5.74, 6) is 1.55. The smallest absolute Gasteiger partial charge is 0.191 e. The van der Waals surface area contributed by atoms with E-state index in [-0.39, 0.29) is 24.0 Å². The van der Waals surface area contributed by atoms with Gasteiger partial charge in [0.15, 0.2) is 5.96 Å². The van der Waals surface area contributed by atoms with E-state index in [1.54, 1.807) is 0 Å². The first-order valence-electron chi connectivity index (χ1n) is 11.5. The molecule has 8 heteroatoms. The summed E-state index contributed by atoms with van der Waals surface area (Å²) in [4.78, 5) is 12.2. The fourth-order valence-electron chi connectivity index (χ4n) is 4.25. The molecule has 1 aliphatic heterocycles. The van der Waals surface area contributed by atoms with Crippen LogP contribution in [0.1, 0.15) is 39.3 Å². The van der Waals surface area contributed by atoms with Gasteiger partial charge in [-0.15, -0.1) is 24.0 Å². The van der Waals surface area contributed by atoms with Crippen LogP contribution < -0.4 is 10.6 Å². The zero-order valence-corrected chi connectivity index (χ0v) is 21.5. The average Bonchev–Trinajstić information content (AvgIpc) is 3.20. The number of aliphatic imine (C=N–C) groups is 1. The molecular weight excluding hydrogens is 503 g/mol. The number of pyridine rings is 1. The van der Waals surface area contributed by atoms with Crippen molar-refractivity contribution < 1.29 is 4.74 Å². The monoisotopic (exact) mass is 542 g/mol. The highest BCUT2D eigenvalue weighted by Gasteiger charge is 2.26. The molecule has 0 aliphatic carbocycles. The Morgan fingerprint density at radius 2 is 1.94 bits per heavy atom. The molecule has 3 rings (SSSR count). The number of rotatable bonds is 10. The van der Waals surface area contributed by atoms with Gasteiger partial charge < -0.3 is 19.8 Å². The van der Waals surface area contributed by atoms with Crippen molar-refractivity contribution in [3.63, 3.8) is 0 Å². The number of guanidine groups is 1. The zero-order valence-electron chi connectivity index (χ0n) is 19.2. The second-order valence-corrected chi connectivity index (χ2v) is 7.89. The van der Waals surface area contributed by atoms with Crippen molar-refractivity contribution in [1.29, 1.82) is 0 Å². The Hall–Kier alpha value is -1.39. The Morgan fingerprint density at radius 1 is 1.16 bits per heavy atom. The molecule has 0 aromatic carbocycles. The summed E-state index contributed by atoms with van der Waals surface area (Å²) in [7, 11) is 0. The van der Waals surface area contributed by atoms with Crippen LogP contribution in [0.2, 0.25) is 0 Å². The Kier molecular flexibility index (Phi) is 11.6. The van der Waals surface area contributed by atoms with E-state index in [0.29, 0.717) is 12.0 Å². The summed E-state index contributed by atoms with van der Waals surface area (Å²) >= 11 is 0. The van der Waals surface area contributed by atoms with E-state index in [1.807, 2.05) is 24.4 Å². The molecule has 0 spiro atoms. The average molecular weight is 543 g/mol. The maximum absolute atomic E-state index is 5.57. The second-order valence-electron chi connectivity index (χ2n) is 7.89. The van der Waals surface area contributed by atoms with Crippen LogP contribution in [0.4, 0.5) is 0 Å². The highest BCUT2D eigenvalue weighted by Crippen LogP contribution is 2.20. The molecule has 1 unspecified atom stereocenters. The second kappa shape index (κ2) is 13.9. The maximum atomic E-state index is 5.57. The maximum Gasteiger partial charge on any atom is 0.191 e. The molecule has 174 valence electrons. The molecule has 1 fully saturated rings. The van der Waals surface area contributed by atoms with Crippen molar-refractivity contribution in [3.05, 3.63) is 36.3 Å². The summed E-state index contributed by atoms with van der Waals surface area (Å²) in [6.45, 7) is 12.9. The molecule has 0 saturated carbocycles. The van der Waals surface area contributed by atoms with Crippen LogP contribution in [-0.4, -0.2) is 72.2 Å². The lowest BCUT2D eigenvalue weighted by Gasteiger charge is -2.38. The molecule has 2 aromatic rings. The van der Waals surface area contributed by atoms with Crippen LogP contribution in [0.15, 0.2) is 35.6 Å². The van der Waals surface area contributed by atoms with Crippen molar-refractivity contribution in [3.8, 4) is 0 Å². The highest BCUT2D eigenvalue weighted by atomic mass is 127. The standard InChI is InChI=1S/C23H38N6O.HI/c1-4-19(5-2)21(28-13-15-30-16-14-28)17-26-23(24-6-3)25-11-10-20-18-29-12-8-7-9-22(29)27-20;/h7-9,12,18-19,21H,4-6,10-11,13-17H2,1-3H3,(H2,24,25,26);1H. The quantitative estimate of drug-likeness (QED) is 0.274. The lowest BCUT2D eigenvalue weighted by molar-refractivity contribution is 0.00395. The summed E-state index contributed by atoms with van der Waals surface area (Å²) in [6.07, 6.45) is 7.38. The van der Waals surface area contributed by atoms with Crippen molar-refractivity contribution in [2.75, 3.05) is 45.9 Å². The summed E-state index contributed by atoms with van der Waals surface area (Å²) in [5.41, 5.74) is 2.08. The van der Waals surface area contributed by atoms with Crippen LogP contribution in [0.5, 0.6) is 0 Å². The minimum atomic E-state index is 0. The minimum absolute atomic E-state index is 0. The van der Waals surface area contributed by atoms with Crippen molar-refractivity contribution >= 4 is 35.6 Å². The van der Waals surface area contributed by atoms with E-state index in [2.05, 4.69) is 51.9 Å². The highest BCUT2D eigenvalue weighted by molar-refractivity contribution is 14.0. The lowest BCUT2D eigenvalue weighted by atomic mass is 9.92. The number of aromatic nitrogens is 2. The fourth-order valence-corrected chi connectivity index (χ4v) is 4.25. The molecule has 7 nitrogen and oxygen atoms in total. The first-order chi connectivity index (χ1) is 14.7. The van der Waals surface area contributed by atoms with E-state index in [1.165, 1.54) is 12.8 Å². The summed E-state index contributed by atoms with van der Waals surface area (Å²) < 4.78 is 7.63. The Labute approximate surface area is 204 Å². The molecule has 1 saturated heterocycles. The van der Waals surface area contributed by atoms with Gasteiger partial charge in [0.1, 0.15) is 5.65 Å². The van der Waals surface area contributed by atoms with Crippen molar-refractivity contribution in [1.82, 2.24) is 24.9 Å². The molecule has 3 heterocycles. The van der Waals surface area contributed by atoms with Gasteiger partial charge in [0.25, 0.3) is 0 Å². The molecule has 31 heavy (non-hydrogen) atoms. The molecular formula is C23H39IN6O. The largest absolute Gasteiger partial charge is 0.379 e. The third kappa shape index (κ3) is 7.61. The van der Waals surface area contributed by atoms with Gasteiger partial charge in [-0.25, -0.2) is 4.98 Å². The number of nitrogens with one attached hydrogen (secondary N) is 2. The van der Waals surface area contributed by atoms with Crippen LogP contribution in [0.3, 0.4) is 0 Å². The first kappa shape index (κ1) is 25.9. The minimum Gasteiger partial charge on any atom is -0.379 e. The predicted molar refractivity (Wildman–Crippen MR) is 139 cm³/mol. The molecule has 2 aromatic heterocycles. The van der Waals surface area contributed by atoms with Crippen molar-refractivity contribution in [2.45, 2.75) is 46.1 Å². The van der Waals surface area contributed by atoms with Gasteiger partial charge in [-0.2, -0.15) is 0 Å². The number of halogens is 1. The summed E-state index contributed by atoms with van der Waals surface area (Å²) in [5, 5.41) is 6.89. The number of morpholine rings is 1. The fraction of sp³-hybridized carbons (Fsp3) is 0.652. The first-order valence-corrected chi connectivity index (χ1v) is 11.5. The number of nitrogens with zero attached hydrogens (tertiary/aromatic N) is 4. The van der Waals surface area contributed by atoms with Crippen LogP contribution in [0.25, 0.3) is 5.65 Å². The van der Waals surface area contributed by atoms with E-state index >= 15 is 0 Å². The van der Waals surface area contributed by atoms with Crippen molar-refractivity contribution in [2.24, 2.45) is 10.9 Å². The predicted octanol–water partition coefficient (Wildman–Crippen LogP) is 3.19. The van der Waals surface area contributed by atoms with Gasteiger partial charge in [0, 0.05) is 51.0 Å². The van der Waals surface area contributed by atoms with Crippen LogP contribution in [0, 0.1) is 5.92 Å². The van der Waals surface area contributed by atoms with E-state index in [0.717, 1.165) is 69.7 Å². The SMILES string of the molecule is CCNC(=NCC(C(CC)CC)N1CCOCC1)NCCc1cn2ccccc2n1.I. The van der Waals surface area contributed by atoms with Gasteiger partial charge in [-0.3, -0.25) is 9.89 Å².